The number of nitrogens with one attached hydrogen (secondary N) is 3. The molecule has 1 aliphatic carbocycles. The summed E-state index contributed by atoms with van der Waals surface area (Å²) in [6.07, 6.45) is 3.57. The molecule has 0 unspecified atom stereocenters. The van der Waals surface area contributed by atoms with Gasteiger partial charge in [0.15, 0.2) is 0 Å². The number of aliphatic hydroxyl groups excluding tert-OH is 1. The molecule has 2 fully saturated rings. The zero-order valence-corrected chi connectivity index (χ0v) is 17.6. The summed E-state index contributed by atoms with van der Waals surface area (Å²) in [5.74, 6) is 0.768. The Morgan fingerprint density at radius 1 is 1.37 bits per heavy atom. The van der Waals surface area contributed by atoms with Crippen molar-refractivity contribution in [2.75, 3.05) is 19.6 Å². The van der Waals surface area contributed by atoms with Gasteiger partial charge in [-0.2, -0.15) is 0 Å². The summed E-state index contributed by atoms with van der Waals surface area (Å²) < 4.78 is 0. The lowest BCUT2D eigenvalue weighted by Crippen LogP contribution is -2.60. The highest BCUT2D eigenvalue weighted by Crippen LogP contribution is 2.24. The number of rotatable bonds is 6. The summed E-state index contributed by atoms with van der Waals surface area (Å²) in [6, 6.07) is 5.16. The number of benzene rings is 1. The summed E-state index contributed by atoms with van der Waals surface area (Å²) >= 11 is 6.00. The van der Waals surface area contributed by atoms with Crippen molar-refractivity contribution in [3.8, 4) is 0 Å². The zero-order valence-electron chi connectivity index (χ0n) is 16.9. The highest BCUT2D eigenvalue weighted by Gasteiger charge is 2.37. The largest absolute Gasteiger partial charge is 0.389 e. The number of amides is 2. The average molecular weight is 434 g/mol. The topological polar surface area (TPSA) is 110 Å². The third-order valence-corrected chi connectivity index (χ3v) is 6.25. The molecule has 2 aliphatic rings. The lowest BCUT2D eigenvalue weighted by Gasteiger charge is -2.42. The lowest BCUT2D eigenvalue weighted by atomic mass is 9.86. The maximum absolute atomic E-state index is 12.5. The predicted molar refractivity (Wildman–Crippen MR) is 114 cm³/mol. The Kier molecular flexibility index (Phi) is 6.55. The van der Waals surface area contributed by atoms with E-state index in [-0.39, 0.29) is 23.9 Å². The molecule has 162 valence electrons. The van der Waals surface area contributed by atoms with Crippen LogP contribution in [0.4, 0.5) is 0 Å². The van der Waals surface area contributed by atoms with E-state index in [1.54, 1.807) is 6.07 Å². The van der Waals surface area contributed by atoms with E-state index in [0.717, 1.165) is 42.7 Å². The molecule has 0 bridgehead atoms. The van der Waals surface area contributed by atoms with Crippen LogP contribution < -0.4 is 10.6 Å². The van der Waals surface area contributed by atoms with Crippen LogP contribution in [0.2, 0.25) is 5.02 Å². The molecule has 30 heavy (non-hydrogen) atoms. The molecule has 0 radical (unpaired) electrons. The molecular weight excluding hydrogens is 406 g/mol. The van der Waals surface area contributed by atoms with Crippen molar-refractivity contribution in [2.45, 2.75) is 56.7 Å². The second-order valence-corrected chi connectivity index (χ2v) is 8.62. The van der Waals surface area contributed by atoms with E-state index >= 15 is 0 Å². The van der Waals surface area contributed by atoms with E-state index in [4.69, 9.17) is 11.6 Å². The number of nitrogens with zero attached hydrogens (tertiary/aromatic N) is 2. The van der Waals surface area contributed by atoms with Crippen LogP contribution in [0.15, 0.2) is 18.2 Å². The highest BCUT2D eigenvalue weighted by atomic mass is 35.5. The van der Waals surface area contributed by atoms with E-state index in [1.807, 2.05) is 17.0 Å². The number of hydrogen-bond acceptors (Lipinski definition) is 5. The van der Waals surface area contributed by atoms with Crippen LogP contribution in [0.5, 0.6) is 0 Å². The van der Waals surface area contributed by atoms with Crippen LogP contribution >= 0.6 is 11.6 Å². The Hall–Kier alpha value is -2.16. The SMILES string of the molecule is O=C1CN([C@@H]2CCC[C@@H](NC(=O)CCCc3nc4ccc(Cl)cc4[nH]3)[C@H]2O)CCN1. The molecule has 1 saturated carbocycles. The van der Waals surface area contributed by atoms with Gasteiger partial charge in [0.2, 0.25) is 11.8 Å². The number of H-pyrrole nitrogens is 1. The summed E-state index contributed by atoms with van der Waals surface area (Å²) in [5, 5.41) is 17.3. The molecule has 2 amide bonds. The van der Waals surface area contributed by atoms with Gasteiger partial charge < -0.3 is 20.7 Å². The Bertz CT molecular complexity index is 917. The van der Waals surface area contributed by atoms with E-state index in [2.05, 4.69) is 20.6 Å². The number of halogens is 1. The first-order chi connectivity index (χ1) is 14.5. The zero-order chi connectivity index (χ0) is 21.1. The van der Waals surface area contributed by atoms with Crippen molar-refractivity contribution < 1.29 is 14.7 Å². The molecule has 2 heterocycles. The summed E-state index contributed by atoms with van der Waals surface area (Å²) in [6.45, 7) is 1.65. The Morgan fingerprint density at radius 3 is 3.07 bits per heavy atom. The summed E-state index contributed by atoms with van der Waals surface area (Å²) in [4.78, 5) is 33.9. The maximum atomic E-state index is 12.5. The second-order valence-electron chi connectivity index (χ2n) is 8.18. The van der Waals surface area contributed by atoms with Crippen LogP contribution in [0.1, 0.15) is 37.9 Å². The number of aromatic amines is 1. The fourth-order valence-electron chi connectivity index (χ4n) is 4.50. The van der Waals surface area contributed by atoms with Crippen molar-refractivity contribution in [3.63, 3.8) is 0 Å². The average Bonchev–Trinajstić information content (AvgIpc) is 3.11. The molecule has 3 atom stereocenters. The standard InChI is InChI=1S/C21H28ClN5O3/c22-13-7-8-14-16(11-13)25-18(24-14)5-2-6-19(28)26-15-3-1-4-17(21(15)30)27-10-9-23-20(29)12-27/h7-8,11,15,17,21,30H,1-6,9-10,12H2,(H,23,29)(H,24,25)(H,26,28)/t15-,17-,21-/m1/s1. The molecule has 4 rings (SSSR count). The van der Waals surface area contributed by atoms with Gasteiger partial charge in [0.1, 0.15) is 5.82 Å². The number of fused-ring (bicyclic) bond motifs is 1. The van der Waals surface area contributed by atoms with Gasteiger partial charge in [0, 0.05) is 37.0 Å². The molecule has 9 heteroatoms. The van der Waals surface area contributed by atoms with Gasteiger partial charge >= 0.3 is 0 Å². The number of piperazine rings is 1. The van der Waals surface area contributed by atoms with Crippen LogP contribution in [-0.2, 0) is 16.0 Å². The minimum atomic E-state index is -0.659. The number of imidazole rings is 1. The second kappa shape index (κ2) is 9.32. The van der Waals surface area contributed by atoms with E-state index < -0.39 is 6.10 Å². The number of aliphatic hydroxyl groups is 1. The highest BCUT2D eigenvalue weighted by molar-refractivity contribution is 6.31. The first kappa shape index (κ1) is 21.1. The van der Waals surface area contributed by atoms with Crippen molar-refractivity contribution in [3.05, 3.63) is 29.0 Å². The number of aromatic nitrogens is 2. The molecule has 4 N–H and O–H groups in total. The third-order valence-electron chi connectivity index (χ3n) is 6.02. The predicted octanol–water partition coefficient (Wildman–Crippen LogP) is 1.37. The maximum Gasteiger partial charge on any atom is 0.234 e. The Morgan fingerprint density at radius 2 is 2.23 bits per heavy atom. The summed E-state index contributed by atoms with van der Waals surface area (Å²) in [5.41, 5.74) is 1.76. The van der Waals surface area contributed by atoms with Crippen LogP contribution in [-0.4, -0.2) is 69.6 Å². The van der Waals surface area contributed by atoms with Crippen LogP contribution in [0, 0.1) is 0 Å². The molecule has 1 aromatic heterocycles. The quantitative estimate of drug-likeness (QED) is 0.550. The smallest absolute Gasteiger partial charge is 0.234 e. The van der Waals surface area contributed by atoms with Crippen molar-refractivity contribution in [1.82, 2.24) is 25.5 Å². The molecule has 2 aromatic rings. The Balaban J connectivity index is 1.26. The molecule has 1 aromatic carbocycles. The van der Waals surface area contributed by atoms with E-state index in [1.165, 1.54) is 0 Å². The monoisotopic (exact) mass is 433 g/mol. The van der Waals surface area contributed by atoms with Gasteiger partial charge in [-0.1, -0.05) is 11.6 Å². The molecule has 1 saturated heterocycles. The molecule has 1 aliphatic heterocycles. The van der Waals surface area contributed by atoms with Gasteiger partial charge in [0.05, 0.1) is 29.7 Å². The van der Waals surface area contributed by atoms with Gasteiger partial charge in [-0.3, -0.25) is 14.5 Å². The van der Waals surface area contributed by atoms with Crippen LogP contribution in [0.25, 0.3) is 11.0 Å². The van der Waals surface area contributed by atoms with Gasteiger partial charge in [-0.25, -0.2) is 4.98 Å². The first-order valence-electron chi connectivity index (χ1n) is 10.6. The van der Waals surface area contributed by atoms with Crippen LogP contribution in [0.3, 0.4) is 0 Å². The fraction of sp³-hybridized carbons (Fsp3) is 0.571. The number of carbonyl (C=O) groups excluding carboxylic acids is 2. The molecular formula is C21H28ClN5O3. The van der Waals surface area contributed by atoms with Crippen molar-refractivity contribution >= 4 is 34.4 Å². The molecule has 0 spiro atoms. The Labute approximate surface area is 180 Å². The minimum absolute atomic E-state index is 0.00697. The first-order valence-corrected chi connectivity index (χ1v) is 11.0. The van der Waals surface area contributed by atoms with Gasteiger partial charge in [0.25, 0.3) is 0 Å². The van der Waals surface area contributed by atoms with E-state index in [0.29, 0.717) is 37.4 Å². The van der Waals surface area contributed by atoms with E-state index in [9.17, 15) is 14.7 Å². The van der Waals surface area contributed by atoms with Crippen molar-refractivity contribution in [1.29, 1.82) is 0 Å². The number of aryl methyl sites for hydroxylation is 1. The third kappa shape index (κ3) is 4.94. The fourth-order valence-corrected chi connectivity index (χ4v) is 4.67. The normalized spacial score (nSPS) is 25.3. The minimum Gasteiger partial charge on any atom is -0.389 e. The van der Waals surface area contributed by atoms with Gasteiger partial charge in [-0.15, -0.1) is 0 Å². The van der Waals surface area contributed by atoms with Crippen molar-refractivity contribution in [2.24, 2.45) is 0 Å². The molecule has 8 nitrogen and oxygen atoms in total. The lowest BCUT2D eigenvalue weighted by molar-refractivity contribution is -0.128. The summed E-state index contributed by atoms with van der Waals surface area (Å²) in [7, 11) is 0. The number of carbonyl (C=O) groups is 2. The van der Waals surface area contributed by atoms with Gasteiger partial charge in [-0.05, 0) is 43.9 Å². The number of hydrogen-bond donors (Lipinski definition) is 4.